The molecular formula is C9H13F3. The quantitative estimate of drug-likeness (QED) is 0.563. The first-order valence-corrected chi connectivity index (χ1v) is 3.83. The molecule has 0 amide bonds. The van der Waals surface area contributed by atoms with Crippen LogP contribution in [0.2, 0.25) is 0 Å². The van der Waals surface area contributed by atoms with E-state index in [0.717, 1.165) is 6.08 Å². The molecule has 0 aliphatic heterocycles. The second-order valence-corrected chi connectivity index (χ2v) is 2.55. The fraction of sp³-hybridized carbons (Fsp3) is 0.556. The molecular weight excluding hydrogens is 165 g/mol. The lowest BCUT2D eigenvalue weighted by atomic mass is 10.1. The van der Waals surface area contributed by atoms with E-state index >= 15 is 0 Å². The number of allylic oxidation sites excluding steroid dienone is 4. The van der Waals surface area contributed by atoms with Gasteiger partial charge in [0.1, 0.15) is 0 Å². The summed E-state index contributed by atoms with van der Waals surface area (Å²) in [6, 6.07) is 0. The van der Waals surface area contributed by atoms with Gasteiger partial charge in [-0.3, -0.25) is 0 Å². The zero-order valence-electron chi connectivity index (χ0n) is 7.50. The van der Waals surface area contributed by atoms with Gasteiger partial charge in [-0.25, -0.2) is 0 Å². The number of alkyl halides is 3. The van der Waals surface area contributed by atoms with Crippen LogP contribution in [0, 0.1) is 0 Å². The Labute approximate surface area is 70.8 Å². The smallest absolute Gasteiger partial charge is 0.166 e. The van der Waals surface area contributed by atoms with Crippen LogP contribution in [0.1, 0.15) is 27.2 Å². The molecule has 0 aliphatic rings. The molecule has 0 unspecified atom stereocenters. The number of hydrogen-bond donors (Lipinski definition) is 0. The Hall–Kier alpha value is -0.730. The Morgan fingerprint density at radius 2 is 1.83 bits per heavy atom. The molecule has 0 saturated carbocycles. The molecule has 0 bridgehead atoms. The lowest BCUT2D eigenvalue weighted by molar-refractivity contribution is -0.0891. The lowest BCUT2D eigenvalue weighted by Gasteiger charge is -2.10. The van der Waals surface area contributed by atoms with Gasteiger partial charge < -0.3 is 0 Å². The molecule has 0 atom stereocenters. The van der Waals surface area contributed by atoms with E-state index in [9.17, 15) is 13.2 Å². The second kappa shape index (κ2) is 4.33. The van der Waals surface area contributed by atoms with Gasteiger partial charge >= 0.3 is 6.18 Å². The van der Waals surface area contributed by atoms with Gasteiger partial charge in [0, 0.05) is 0 Å². The van der Waals surface area contributed by atoms with E-state index in [1.807, 2.05) is 0 Å². The summed E-state index contributed by atoms with van der Waals surface area (Å²) in [6.45, 7) is 4.79. The van der Waals surface area contributed by atoms with Crippen LogP contribution >= 0.6 is 0 Å². The van der Waals surface area contributed by atoms with E-state index in [1.165, 1.54) is 13.0 Å². The van der Waals surface area contributed by atoms with Crippen LogP contribution in [-0.2, 0) is 0 Å². The first-order valence-electron chi connectivity index (χ1n) is 3.83. The predicted molar refractivity (Wildman–Crippen MR) is 43.9 cm³/mol. The Morgan fingerprint density at radius 1 is 1.33 bits per heavy atom. The van der Waals surface area contributed by atoms with Crippen LogP contribution in [0.3, 0.4) is 0 Å². The van der Waals surface area contributed by atoms with Gasteiger partial charge in [0.05, 0.1) is 5.57 Å². The molecule has 0 aromatic heterocycles. The van der Waals surface area contributed by atoms with E-state index in [2.05, 4.69) is 0 Å². The van der Waals surface area contributed by atoms with Crippen LogP contribution in [0.5, 0.6) is 0 Å². The maximum Gasteiger partial charge on any atom is 0.416 e. The molecule has 0 aliphatic carbocycles. The molecule has 0 aromatic carbocycles. The minimum Gasteiger partial charge on any atom is -0.166 e. The second-order valence-electron chi connectivity index (χ2n) is 2.55. The first kappa shape index (κ1) is 11.3. The topological polar surface area (TPSA) is 0 Å². The average Bonchev–Trinajstić information content (AvgIpc) is 1.96. The highest BCUT2D eigenvalue weighted by Crippen LogP contribution is 2.30. The third-order valence-electron chi connectivity index (χ3n) is 1.63. The normalized spacial score (nSPS) is 15.2. The maximum atomic E-state index is 12.2. The summed E-state index contributed by atoms with van der Waals surface area (Å²) in [6.07, 6.45) is -1.27. The molecule has 0 heterocycles. The van der Waals surface area contributed by atoms with E-state index in [-0.39, 0.29) is 0 Å². The molecule has 0 N–H and O–H groups in total. The molecule has 0 rings (SSSR count). The predicted octanol–water partition coefficient (Wildman–Crippen LogP) is 3.85. The summed E-state index contributed by atoms with van der Waals surface area (Å²) in [5.74, 6) is 0. The molecule has 0 fully saturated rings. The summed E-state index contributed by atoms with van der Waals surface area (Å²) in [7, 11) is 0. The summed E-state index contributed by atoms with van der Waals surface area (Å²) >= 11 is 0. The van der Waals surface area contributed by atoms with Crippen LogP contribution in [-0.4, -0.2) is 6.18 Å². The van der Waals surface area contributed by atoms with Gasteiger partial charge in [-0.15, -0.1) is 0 Å². The lowest BCUT2D eigenvalue weighted by Crippen LogP contribution is -2.11. The SMILES string of the molecule is C/C=C\C(=C(\C)CC)C(F)(F)F. The third-order valence-corrected chi connectivity index (χ3v) is 1.63. The van der Waals surface area contributed by atoms with Gasteiger partial charge in [-0.2, -0.15) is 13.2 Å². The van der Waals surface area contributed by atoms with Crippen molar-refractivity contribution in [1.29, 1.82) is 0 Å². The zero-order valence-corrected chi connectivity index (χ0v) is 7.50. The fourth-order valence-corrected chi connectivity index (χ4v) is 0.836. The Morgan fingerprint density at radius 3 is 2.08 bits per heavy atom. The largest absolute Gasteiger partial charge is 0.416 e. The van der Waals surface area contributed by atoms with Gasteiger partial charge in [-0.1, -0.05) is 24.6 Å². The number of rotatable bonds is 2. The average molecular weight is 178 g/mol. The molecule has 0 spiro atoms. The van der Waals surface area contributed by atoms with Crippen molar-refractivity contribution < 1.29 is 13.2 Å². The molecule has 0 saturated heterocycles. The van der Waals surface area contributed by atoms with Crippen molar-refractivity contribution >= 4 is 0 Å². The molecule has 12 heavy (non-hydrogen) atoms. The van der Waals surface area contributed by atoms with Crippen LogP contribution in [0.4, 0.5) is 13.2 Å². The van der Waals surface area contributed by atoms with Crippen molar-refractivity contribution in [3.05, 3.63) is 23.3 Å². The Bertz CT molecular complexity index is 196. The van der Waals surface area contributed by atoms with E-state index in [0.29, 0.717) is 12.0 Å². The molecule has 3 heteroatoms. The van der Waals surface area contributed by atoms with Crippen molar-refractivity contribution in [1.82, 2.24) is 0 Å². The zero-order chi connectivity index (χ0) is 9.78. The summed E-state index contributed by atoms with van der Waals surface area (Å²) < 4.78 is 36.7. The fourth-order valence-electron chi connectivity index (χ4n) is 0.836. The van der Waals surface area contributed by atoms with Gasteiger partial charge in [0.25, 0.3) is 0 Å². The van der Waals surface area contributed by atoms with Crippen LogP contribution in [0.25, 0.3) is 0 Å². The number of halogens is 3. The van der Waals surface area contributed by atoms with E-state index < -0.39 is 11.7 Å². The highest BCUT2D eigenvalue weighted by Gasteiger charge is 2.32. The highest BCUT2D eigenvalue weighted by atomic mass is 19.4. The molecule has 0 aromatic rings. The monoisotopic (exact) mass is 178 g/mol. The van der Waals surface area contributed by atoms with Gasteiger partial charge in [-0.05, 0) is 20.3 Å². The van der Waals surface area contributed by atoms with Crippen LogP contribution in [0.15, 0.2) is 23.3 Å². The summed E-state index contributed by atoms with van der Waals surface area (Å²) in [4.78, 5) is 0. The van der Waals surface area contributed by atoms with Gasteiger partial charge in [0.15, 0.2) is 0 Å². The van der Waals surface area contributed by atoms with Crippen molar-refractivity contribution in [2.24, 2.45) is 0 Å². The van der Waals surface area contributed by atoms with E-state index in [4.69, 9.17) is 0 Å². The van der Waals surface area contributed by atoms with Crippen molar-refractivity contribution in [2.45, 2.75) is 33.4 Å². The Kier molecular flexibility index (Phi) is 4.07. The maximum absolute atomic E-state index is 12.2. The standard InChI is InChI=1S/C9H13F3/c1-4-6-8(7(3)5-2)9(10,11)12/h4,6H,5H2,1-3H3/b6-4-,8-7+. The number of hydrogen-bond acceptors (Lipinski definition) is 0. The first-order chi connectivity index (χ1) is 5.43. The minimum absolute atomic E-state index is 0.376. The molecule has 0 radical (unpaired) electrons. The van der Waals surface area contributed by atoms with Crippen molar-refractivity contribution in [3.8, 4) is 0 Å². The Balaban J connectivity index is 4.92. The van der Waals surface area contributed by atoms with Crippen molar-refractivity contribution in [3.63, 3.8) is 0 Å². The molecule has 0 nitrogen and oxygen atoms in total. The highest BCUT2D eigenvalue weighted by molar-refractivity contribution is 5.28. The third kappa shape index (κ3) is 3.11. The van der Waals surface area contributed by atoms with E-state index in [1.54, 1.807) is 13.8 Å². The summed E-state index contributed by atoms with van der Waals surface area (Å²) in [5, 5.41) is 0. The minimum atomic E-state index is -4.22. The van der Waals surface area contributed by atoms with Crippen molar-refractivity contribution in [2.75, 3.05) is 0 Å². The van der Waals surface area contributed by atoms with Crippen LogP contribution < -0.4 is 0 Å². The van der Waals surface area contributed by atoms with Gasteiger partial charge in [0.2, 0.25) is 0 Å². The summed E-state index contributed by atoms with van der Waals surface area (Å²) in [5.41, 5.74) is -0.145. The molecule has 70 valence electrons.